The van der Waals surface area contributed by atoms with Crippen LogP contribution in [0.5, 0.6) is 0 Å². The number of benzene rings is 1. The van der Waals surface area contributed by atoms with E-state index in [0.717, 1.165) is 10.6 Å². The van der Waals surface area contributed by atoms with Crippen molar-refractivity contribution in [1.29, 1.82) is 5.26 Å². The minimum Gasteiger partial charge on any atom is -0.451 e. The van der Waals surface area contributed by atoms with Crippen LogP contribution in [-0.2, 0) is 16.0 Å². The molecule has 2 aromatic rings. The zero-order chi connectivity index (χ0) is 16.8. The Hall–Kier alpha value is -2.72. The summed E-state index contributed by atoms with van der Waals surface area (Å²) in [6, 6.07) is 8.96. The molecule has 0 spiro atoms. The molecule has 0 unspecified atom stereocenters. The molecule has 1 aromatic heterocycles. The molecule has 2 rings (SSSR count). The number of hydrogen-bond acceptors (Lipinski definition) is 6. The third kappa shape index (κ3) is 4.63. The van der Waals surface area contributed by atoms with Gasteiger partial charge in [0, 0.05) is 5.69 Å². The topological polar surface area (TPSA) is 92.1 Å². The van der Waals surface area contributed by atoms with Crippen molar-refractivity contribution < 1.29 is 14.3 Å². The number of anilines is 1. The van der Waals surface area contributed by atoms with Crippen molar-refractivity contribution in [3.8, 4) is 6.07 Å². The van der Waals surface area contributed by atoms with Gasteiger partial charge in [-0.2, -0.15) is 5.26 Å². The minimum absolute atomic E-state index is 0.319. The number of nitrogens with one attached hydrogen (secondary N) is 1. The van der Waals surface area contributed by atoms with Gasteiger partial charge in [0.15, 0.2) is 6.61 Å². The Kier molecular flexibility index (Phi) is 5.44. The Balaban J connectivity index is 1.86. The first-order valence-electron chi connectivity index (χ1n) is 6.86. The largest absolute Gasteiger partial charge is 0.451 e. The van der Waals surface area contributed by atoms with Gasteiger partial charge in [0.1, 0.15) is 4.88 Å². The first kappa shape index (κ1) is 16.6. The van der Waals surface area contributed by atoms with Crippen molar-refractivity contribution in [3.05, 3.63) is 45.4 Å². The summed E-state index contributed by atoms with van der Waals surface area (Å²) in [7, 11) is 0. The van der Waals surface area contributed by atoms with Crippen molar-refractivity contribution >= 4 is 28.9 Å². The molecule has 6 nitrogen and oxygen atoms in total. The summed E-state index contributed by atoms with van der Waals surface area (Å²) < 4.78 is 4.99. The average molecular weight is 329 g/mol. The maximum absolute atomic E-state index is 11.9. The number of carbonyl (C=O) groups is 2. The molecule has 1 heterocycles. The van der Waals surface area contributed by atoms with Crippen LogP contribution < -0.4 is 5.32 Å². The van der Waals surface area contributed by atoms with E-state index < -0.39 is 11.9 Å². The summed E-state index contributed by atoms with van der Waals surface area (Å²) in [6.45, 7) is 3.16. The summed E-state index contributed by atoms with van der Waals surface area (Å²) in [4.78, 5) is 28.2. The molecular formula is C16H15N3O3S. The van der Waals surface area contributed by atoms with Crippen LogP contribution in [0.1, 0.15) is 25.9 Å². The number of aryl methyl sites for hydroxylation is 2. The second kappa shape index (κ2) is 7.51. The number of esters is 1. The van der Waals surface area contributed by atoms with Crippen LogP contribution in [-0.4, -0.2) is 23.5 Å². The second-order valence-corrected chi connectivity index (χ2v) is 6.01. The molecule has 23 heavy (non-hydrogen) atoms. The van der Waals surface area contributed by atoms with E-state index in [4.69, 9.17) is 10.00 Å². The molecular weight excluding hydrogens is 314 g/mol. The van der Waals surface area contributed by atoms with Crippen LogP contribution in [0.25, 0.3) is 0 Å². The molecule has 1 amide bonds. The number of amides is 1. The first-order chi connectivity index (χ1) is 11.0. The molecule has 1 N–H and O–H groups in total. The number of thiazole rings is 1. The van der Waals surface area contributed by atoms with Crippen LogP contribution in [0.2, 0.25) is 0 Å². The van der Waals surface area contributed by atoms with Gasteiger partial charge in [-0.15, -0.1) is 11.3 Å². The Morgan fingerprint density at radius 2 is 2.00 bits per heavy atom. The number of hydrogen-bond donors (Lipinski definition) is 1. The lowest BCUT2D eigenvalue weighted by molar-refractivity contribution is -0.119. The normalized spacial score (nSPS) is 9.96. The van der Waals surface area contributed by atoms with E-state index in [-0.39, 0.29) is 6.61 Å². The Morgan fingerprint density at radius 3 is 2.57 bits per heavy atom. The predicted molar refractivity (Wildman–Crippen MR) is 86.3 cm³/mol. The van der Waals surface area contributed by atoms with Crippen molar-refractivity contribution in [2.24, 2.45) is 0 Å². The zero-order valence-corrected chi connectivity index (χ0v) is 13.6. The van der Waals surface area contributed by atoms with E-state index in [2.05, 4.69) is 10.3 Å². The Bertz CT molecular complexity index is 760. The third-order valence-electron chi connectivity index (χ3n) is 2.94. The van der Waals surface area contributed by atoms with E-state index in [1.165, 1.54) is 11.3 Å². The summed E-state index contributed by atoms with van der Waals surface area (Å²) in [5.74, 6) is -0.974. The molecule has 0 atom stereocenters. The van der Waals surface area contributed by atoms with Gasteiger partial charge in [-0.25, -0.2) is 9.78 Å². The highest BCUT2D eigenvalue weighted by atomic mass is 32.1. The monoisotopic (exact) mass is 329 g/mol. The Morgan fingerprint density at radius 1 is 1.30 bits per heavy atom. The van der Waals surface area contributed by atoms with Gasteiger partial charge in [-0.05, 0) is 31.5 Å². The van der Waals surface area contributed by atoms with Gasteiger partial charge in [-0.1, -0.05) is 12.1 Å². The molecule has 7 heteroatoms. The van der Waals surface area contributed by atoms with E-state index in [9.17, 15) is 9.59 Å². The lowest BCUT2D eigenvalue weighted by Gasteiger charge is -2.06. The molecule has 0 fully saturated rings. The van der Waals surface area contributed by atoms with E-state index in [0.29, 0.717) is 22.7 Å². The van der Waals surface area contributed by atoms with E-state index >= 15 is 0 Å². The van der Waals surface area contributed by atoms with Crippen LogP contribution in [0.3, 0.4) is 0 Å². The first-order valence-corrected chi connectivity index (χ1v) is 7.68. The number of aromatic nitrogens is 1. The smallest absolute Gasteiger partial charge is 0.350 e. The second-order valence-electron chi connectivity index (χ2n) is 4.80. The number of ether oxygens (including phenoxy) is 1. The summed E-state index contributed by atoms with van der Waals surface area (Å²) in [6.07, 6.45) is 0.319. The van der Waals surface area contributed by atoms with Gasteiger partial charge in [0.05, 0.1) is 23.2 Å². The van der Waals surface area contributed by atoms with Crippen LogP contribution in [0, 0.1) is 25.2 Å². The highest BCUT2D eigenvalue weighted by Gasteiger charge is 2.16. The average Bonchev–Trinajstić information content (AvgIpc) is 2.86. The van der Waals surface area contributed by atoms with E-state index in [1.54, 1.807) is 38.1 Å². The van der Waals surface area contributed by atoms with E-state index in [1.807, 2.05) is 6.07 Å². The maximum atomic E-state index is 11.9. The van der Waals surface area contributed by atoms with Gasteiger partial charge in [-0.3, -0.25) is 4.79 Å². The molecule has 1 aromatic carbocycles. The number of nitrogens with zero attached hydrogens (tertiary/aromatic N) is 2. The van der Waals surface area contributed by atoms with Gasteiger partial charge in [0.2, 0.25) is 0 Å². The number of carbonyl (C=O) groups excluding carboxylic acids is 2. The molecule has 0 aliphatic rings. The number of nitriles is 1. The molecule has 0 bridgehead atoms. The van der Waals surface area contributed by atoms with Crippen LogP contribution >= 0.6 is 11.3 Å². The highest BCUT2D eigenvalue weighted by molar-refractivity contribution is 7.13. The SMILES string of the molecule is Cc1nc(C)c(C(=O)OCC(=O)Nc2ccc(CC#N)cc2)s1. The van der Waals surface area contributed by atoms with Crippen LogP contribution in [0.4, 0.5) is 5.69 Å². The fourth-order valence-electron chi connectivity index (χ4n) is 1.91. The van der Waals surface area contributed by atoms with Crippen molar-refractivity contribution in [2.45, 2.75) is 20.3 Å². The summed E-state index contributed by atoms with van der Waals surface area (Å²) >= 11 is 1.24. The van der Waals surface area contributed by atoms with Crippen LogP contribution in [0.15, 0.2) is 24.3 Å². The standard InChI is InChI=1S/C16H15N3O3S/c1-10-15(23-11(2)18-10)16(21)22-9-14(20)19-13-5-3-12(4-6-13)7-8-17/h3-6H,7,9H2,1-2H3,(H,19,20). The molecule has 118 valence electrons. The lowest BCUT2D eigenvalue weighted by Crippen LogP contribution is -2.20. The van der Waals surface area contributed by atoms with Crippen molar-refractivity contribution in [3.63, 3.8) is 0 Å². The van der Waals surface area contributed by atoms with Gasteiger partial charge < -0.3 is 10.1 Å². The third-order valence-corrected chi connectivity index (χ3v) is 4.00. The summed E-state index contributed by atoms with van der Waals surface area (Å²) in [5.41, 5.74) is 2.05. The molecule has 0 saturated carbocycles. The van der Waals surface area contributed by atoms with Gasteiger partial charge >= 0.3 is 5.97 Å². The quantitative estimate of drug-likeness (QED) is 0.851. The Labute approximate surface area is 137 Å². The predicted octanol–water partition coefficient (Wildman–Crippen LogP) is 2.62. The lowest BCUT2D eigenvalue weighted by atomic mass is 10.1. The van der Waals surface area contributed by atoms with Gasteiger partial charge in [0.25, 0.3) is 5.91 Å². The van der Waals surface area contributed by atoms with Crippen molar-refractivity contribution in [2.75, 3.05) is 11.9 Å². The summed E-state index contributed by atoms with van der Waals surface area (Å²) in [5, 5.41) is 12.0. The number of rotatable bonds is 5. The minimum atomic E-state index is -0.549. The zero-order valence-electron chi connectivity index (χ0n) is 12.8. The molecule has 0 aliphatic heterocycles. The highest BCUT2D eigenvalue weighted by Crippen LogP contribution is 2.18. The fraction of sp³-hybridized carbons (Fsp3) is 0.250. The molecule has 0 aliphatic carbocycles. The maximum Gasteiger partial charge on any atom is 0.350 e. The fourth-order valence-corrected chi connectivity index (χ4v) is 2.73. The molecule has 0 radical (unpaired) electrons. The molecule has 0 saturated heterocycles. The van der Waals surface area contributed by atoms with Crippen molar-refractivity contribution in [1.82, 2.24) is 4.98 Å².